The molecule has 0 fully saturated rings. The van der Waals surface area contributed by atoms with Gasteiger partial charge >= 0.3 is 13.1 Å². The van der Waals surface area contributed by atoms with Crippen LogP contribution in [0.1, 0.15) is 5.56 Å². The molecule has 25 heavy (non-hydrogen) atoms. The number of nitrogens with zero attached hydrogens (tertiary/aromatic N) is 2. The van der Waals surface area contributed by atoms with Gasteiger partial charge < -0.3 is 30.1 Å². The number of β-amino-alcohol motifs (C(OH)–C–C–N with tert-alkyl or cyclic N) is 1. The molecule has 2 rings (SSSR count). The lowest BCUT2D eigenvalue weighted by Crippen LogP contribution is -2.34. The van der Waals surface area contributed by atoms with Gasteiger partial charge in [0.25, 0.3) is 5.91 Å². The molecule has 0 bridgehead atoms. The van der Waals surface area contributed by atoms with Crippen molar-refractivity contribution in [3.8, 4) is 6.07 Å². The third kappa shape index (κ3) is 3.80. The van der Waals surface area contributed by atoms with Crippen LogP contribution in [0.2, 0.25) is 0 Å². The predicted molar refractivity (Wildman–Crippen MR) is 87.3 cm³/mol. The van der Waals surface area contributed by atoms with E-state index in [0.717, 1.165) is 0 Å². The molecule has 0 atom stereocenters. The number of aliphatic hydroxyl groups excluding tert-OH is 1. The summed E-state index contributed by atoms with van der Waals surface area (Å²) < 4.78 is 4.67. The Hall–Kier alpha value is -2.87. The smallest absolute Gasteiger partial charge is 0.466 e. The standard InChI is InChI=1S/C15H16BN3O6/c1-25-15(22)10-8-19(4-5-20)14(21)13(10)18-12-6-9(7-17)2-3-11(12)16(23)24/h2-3,6,18,20,23-24H,4-5,8H2,1H3. The highest BCUT2D eigenvalue weighted by molar-refractivity contribution is 6.60. The number of hydrogen-bond acceptors (Lipinski definition) is 8. The largest absolute Gasteiger partial charge is 0.490 e. The van der Waals surface area contributed by atoms with Crippen LogP contribution in [-0.2, 0) is 14.3 Å². The second kappa shape index (κ2) is 7.80. The summed E-state index contributed by atoms with van der Waals surface area (Å²) >= 11 is 0. The summed E-state index contributed by atoms with van der Waals surface area (Å²) in [6, 6.07) is 5.96. The fraction of sp³-hybridized carbons (Fsp3) is 0.267. The van der Waals surface area contributed by atoms with Crippen LogP contribution in [0.3, 0.4) is 0 Å². The fourth-order valence-corrected chi connectivity index (χ4v) is 2.44. The number of ether oxygens (including phenoxy) is 1. The average molecular weight is 345 g/mol. The zero-order valence-electron chi connectivity index (χ0n) is 13.4. The SMILES string of the molecule is COC(=O)C1=C(Nc2cc(C#N)ccc2B(O)O)C(=O)N(CCO)C1. The number of methoxy groups -OCH3 is 1. The number of anilines is 1. The zero-order valence-corrected chi connectivity index (χ0v) is 13.4. The van der Waals surface area contributed by atoms with Crippen molar-refractivity contribution in [1.82, 2.24) is 4.90 Å². The van der Waals surface area contributed by atoms with E-state index in [0.29, 0.717) is 0 Å². The number of rotatable bonds is 6. The first kappa shape index (κ1) is 18.5. The van der Waals surface area contributed by atoms with Crippen LogP contribution in [0.15, 0.2) is 29.5 Å². The van der Waals surface area contributed by atoms with Crippen LogP contribution < -0.4 is 10.8 Å². The van der Waals surface area contributed by atoms with Crippen LogP contribution in [-0.4, -0.2) is 65.9 Å². The molecule has 1 heterocycles. The molecule has 0 saturated heterocycles. The van der Waals surface area contributed by atoms with Gasteiger partial charge in [0.05, 0.1) is 37.5 Å². The number of amides is 1. The quantitative estimate of drug-likeness (QED) is 0.340. The maximum absolute atomic E-state index is 12.5. The summed E-state index contributed by atoms with van der Waals surface area (Å²) in [5.74, 6) is -1.27. The van der Waals surface area contributed by atoms with Gasteiger partial charge in [0.15, 0.2) is 0 Å². The monoisotopic (exact) mass is 345 g/mol. The first-order chi connectivity index (χ1) is 11.9. The van der Waals surface area contributed by atoms with E-state index < -0.39 is 19.0 Å². The van der Waals surface area contributed by atoms with Gasteiger partial charge in [-0.15, -0.1) is 0 Å². The molecule has 0 aliphatic carbocycles. The second-order valence-corrected chi connectivity index (χ2v) is 5.21. The lowest BCUT2D eigenvalue weighted by Gasteiger charge is -2.16. The number of carbonyl (C=O) groups excluding carboxylic acids is 2. The lowest BCUT2D eigenvalue weighted by molar-refractivity contribution is -0.136. The van der Waals surface area contributed by atoms with Crippen LogP contribution >= 0.6 is 0 Å². The highest BCUT2D eigenvalue weighted by atomic mass is 16.5. The van der Waals surface area contributed by atoms with Crippen LogP contribution in [0.5, 0.6) is 0 Å². The van der Waals surface area contributed by atoms with E-state index in [1.807, 2.05) is 6.07 Å². The molecule has 0 saturated carbocycles. The minimum atomic E-state index is -1.84. The highest BCUT2D eigenvalue weighted by Gasteiger charge is 2.35. The van der Waals surface area contributed by atoms with E-state index in [1.165, 1.54) is 30.2 Å². The highest BCUT2D eigenvalue weighted by Crippen LogP contribution is 2.22. The van der Waals surface area contributed by atoms with Crippen LogP contribution in [0, 0.1) is 11.3 Å². The fourth-order valence-electron chi connectivity index (χ4n) is 2.44. The summed E-state index contributed by atoms with van der Waals surface area (Å²) in [5.41, 5.74) is 0.303. The topological polar surface area (TPSA) is 143 Å². The maximum Gasteiger partial charge on any atom is 0.490 e. The third-order valence-electron chi connectivity index (χ3n) is 3.67. The minimum absolute atomic E-state index is 0.0260. The van der Waals surface area contributed by atoms with Gasteiger partial charge in [0.1, 0.15) is 5.70 Å². The van der Waals surface area contributed by atoms with Crippen molar-refractivity contribution in [3.63, 3.8) is 0 Å². The molecule has 10 heteroatoms. The average Bonchev–Trinajstić information content (AvgIpc) is 2.90. The van der Waals surface area contributed by atoms with Crippen LogP contribution in [0.25, 0.3) is 0 Å². The van der Waals surface area contributed by atoms with Gasteiger partial charge in [-0.05, 0) is 12.1 Å². The number of hydrogen-bond donors (Lipinski definition) is 4. The number of esters is 1. The Morgan fingerprint density at radius 1 is 1.48 bits per heavy atom. The summed E-state index contributed by atoms with van der Waals surface area (Å²) in [4.78, 5) is 25.7. The van der Waals surface area contributed by atoms with Gasteiger partial charge in [-0.3, -0.25) is 4.79 Å². The number of benzene rings is 1. The first-order valence-electron chi connectivity index (χ1n) is 7.31. The molecular weight excluding hydrogens is 329 g/mol. The van der Waals surface area contributed by atoms with Gasteiger partial charge in [-0.1, -0.05) is 6.07 Å². The third-order valence-corrected chi connectivity index (χ3v) is 3.67. The maximum atomic E-state index is 12.5. The normalized spacial score (nSPS) is 13.7. The van der Waals surface area contributed by atoms with E-state index in [9.17, 15) is 19.6 Å². The molecule has 4 N–H and O–H groups in total. The first-order valence-corrected chi connectivity index (χ1v) is 7.31. The van der Waals surface area contributed by atoms with Crippen molar-refractivity contribution in [3.05, 3.63) is 35.0 Å². The Morgan fingerprint density at radius 3 is 2.76 bits per heavy atom. The molecular formula is C15H16BN3O6. The Balaban J connectivity index is 2.46. The molecule has 130 valence electrons. The van der Waals surface area contributed by atoms with Gasteiger partial charge in [-0.2, -0.15) is 5.26 Å². The molecule has 0 radical (unpaired) electrons. The van der Waals surface area contributed by atoms with Crippen molar-refractivity contribution >= 4 is 30.1 Å². The molecule has 1 aliphatic heterocycles. The van der Waals surface area contributed by atoms with E-state index in [-0.39, 0.29) is 47.7 Å². The van der Waals surface area contributed by atoms with Crippen molar-refractivity contribution in [2.75, 3.05) is 32.1 Å². The molecule has 1 amide bonds. The van der Waals surface area contributed by atoms with E-state index >= 15 is 0 Å². The van der Waals surface area contributed by atoms with Gasteiger partial charge in [0, 0.05) is 17.7 Å². The van der Waals surface area contributed by atoms with Crippen molar-refractivity contribution < 1.29 is 29.5 Å². The Bertz CT molecular complexity index is 771. The van der Waals surface area contributed by atoms with Crippen molar-refractivity contribution in [2.45, 2.75) is 0 Å². The number of aliphatic hydroxyl groups is 1. The predicted octanol–water partition coefficient (Wildman–Crippen LogP) is -2.09. The Kier molecular flexibility index (Phi) is 5.77. The number of nitriles is 1. The van der Waals surface area contributed by atoms with Gasteiger partial charge in [-0.25, -0.2) is 4.79 Å². The summed E-state index contributed by atoms with van der Waals surface area (Å²) in [6.07, 6.45) is 0. The Labute approximate surface area is 143 Å². The Morgan fingerprint density at radius 2 is 2.20 bits per heavy atom. The van der Waals surface area contributed by atoms with Crippen molar-refractivity contribution in [1.29, 1.82) is 5.26 Å². The number of nitrogens with one attached hydrogen (secondary N) is 1. The zero-order chi connectivity index (χ0) is 18.6. The summed E-state index contributed by atoms with van der Waals surface area (Å²) in [7, 11) is -0.673. The molecule has 1 aromatic rings. The lowest BCUT2D eigenvalue weighted by atomic mass is 9.78. The van der Waals surface area contributed by atoms with E-state index in [2.05, 4.69) is 10.1 Å². The summed E-state index contributed by atoms with van der Waals surface area (Å²) in [6.45, 7) is -0.306. The molecule has 9 nitrogen and oxygen atoms in total. The molecule has 0 unspecified atom stereocenters. The minimum Gasteiger partial charge on any atom is -0.466 e. The molecule has 0 spiro atoms. The molecule has 0 aromatic heterocycles. The van der Waals surface area contributed by atoms with Gasteiger partial charge in [0.2, 0.25) is 0 Å². The molecule has 1 aliphatic rings. The second-order valence-electron chi connectivity index (χ2n) is 5.21. The van der Waals surface area contributed by atoms with Crippen molar-refractivity contribution in [2.24, 2.45) is 0 Å². The van der Waals surface area contributed by atoms with E-state index in [1.54, 1.807) is 0 Å². The van der Waals surface area contributed by atoms with E-state index in [4.69, 9.17) is 10.4 Å². The number of carbonyl (C=O) groups is 2. The summed E-state index contributed by atoms with van der Waals surface area (Å²) in [5, 5.41) is 39.7. The molecule has 1 aromatic carbocycles. The van der Waals surface area contributed by atoms with Crippen LogP contribution in [0.4, 0.5) is 5.69 Å².